The Kier molecular flexibility index (Phi) is 2.46. The van der Waals surface area contributed by atoms with Gasteiger partial charge in [0.05, 0.1) is 16.6 Å². The number of hydrogen-bond acceptors (Lipinski definition) is 2. The summed E-state index contributed by atoms with van der Waals surface area (Å²) in [6.45, 7) is 0. The first-order valence-corrected chi connectivity index (χ1v) is 7.54. The summed E-state index contributed by atoms with van der Waals surface area (Å²) in [6.07, 6.45) is 8.54. The number of nitrogens with two attached hydrogens (primary N) is 1. The maximum absolute atomic E-state index is 6.73. The summed E-state index contributed by atoms with van der Waals surface area (Å²) in [5, 5.41) is 0. The Labute approximate surface area is 113 Å². The van der Waals surface area contributed by atoms with Crippen LogP contribution in [0.3, 0.4) is 0 Å². The van der Waals surface area contributed by atoms with Crippen molar-refractivity contribution in [1.29, 1.82) is 0 Å². The van der Waals surface area contributed by atoms with Crippen LogP contribution in [-0.4, -0.2) is 9.55 Å². The van der Waals surface area contributed by atoms with Crippen molar-refractivity contribution in [2.45, 2.75) is 56.5 Å². The van der Waals surface area contributed by atoms with E-state index in [1.807, 2.05) is 0 Å². The molecule has 0 aliphatic heterocycles. The van der Waals surface area contributed by atoms with Gasteiger partial charge in [-0.3, -0.25) is 0 Å². The highest BCUT2D eigenvalue weighted by Crippen LogP contribution is 2.43. The molecular formula is C16H21N3. The number of fused-ring (bicyclic) bond motifs is 1. The molecule has 0 amide bonds. The monoisotopic (exact) mass is 255 g/mol. The Morgan fingerprint density at radius 2 is 1.84 bits per heavy atom. The number of rotatable bonds is 2. The third-order valence-corrected chi connectivity index (χ3v) is 4.70. The third-order valence-electron chi connectivity index (χ3n) is 4.70. The van der Waals surface area contributed by atoms with Gasteiger partial charge < -0.3 is 10.3 Å². The fourth-order valence-electron chi connectivity index (χ4n) is 3.50. The van der Waals surface area contributed by atoms with Crippen molar-refractivity contribution in [2.24, 2.45) is 5.73 Å². The van der Waals surface area contributed by atoms with Crippen LogP contribution in [0, 0.1) is 0 Å². The molecule has 3 nitrogen and oxygen atoms in total. The minimum Gasteiger partial charge on any atom is -0.323 e. The van der Waals surface area contributed by atoms with E-state index in [0.717, 1.165) is 24.2 Å². The Bertz CT molecular complexity index is 603. The fraction of sp³-hybridized carbons (Fsp3) is 0.562. The van der Waals surface area contributed by atoms with Crippen molar-refractivity contribution in [2.75, 3.05) is 0 Å². The smallest absolute Gasteiger partial charge is 0.130 e. The summed E-state index contributed by atoms with van der Waals surface area (Å²) in [5.41, 5.74) is 8.92. The lowest BCUT2D eigenvalue weighted by Gasteiger charge is -2.33. The van der Waals surface area contributed by atoms with Crippen molar-refractivity contribution < 1.29 is 0 Å². The number of imidazole rings is 1. The summed E-state index contributed by atoms with van der Waals surface area (Å²) in [7, 11) is 0. The standard InChI is InChI=1S/C16H21N3/c17-16(10-4-1-5-11-16)15-18-13-6-2-3-7-14(13)19(15)12-8-9-12/h2-3,6-7,12H,1,4-5,8-11,17H2. The molecule has 0 unspecified atom stereocenters. The maximum atomic E-state index is 6.73. The predicted molar refractivity (Wildman–Crippen MR) is 77.0 cm³/mol. The molecule has 2 aromatic rings. The van der Waals surface area contributed by atoms with Gasteiger partial charge in [0, 0.05) is 6.04 Å². The van der Waals surface area contributed by atoms with E-state index in [9.17, 15) is 0 Å². The molecule has 2 fully saturated rings. The predicted octanol–water partition coefficient (Wildman–Crippen LogP) is 3.49. The lowest BCUT2D eigenvalue weighted by Crippen LogP contribution is -2.41. The van der Waals surface area contributed by atoms with Crippen molar-refractivity contribution in [3.63, 3.8) is 0 Å². The zero-order valence-electron chi connectivity index (χ0n) is 11.3. The number of nitrogens with zero attached hydrogens (tertiary/aromatic N) is 2. The molecule has 0 radical (unpaired) electrons. The van der Waals surface area contributed by atoms with Gasteiger partial charge in [-0.05, 0) is 37.8 Å². The Morgan fingerprint density at radius 1 is 1.11 bits per heavy atom. The van der Waals surface area contributed by atoms with Gasteiger partial charge in [-0.15, -0.1) is 0 Å². The van der Waals surface area contributed by atoms with E-state index in [1.54, 1.807) is 0 Å². The molecule has 1 heterocycles. The summed E-state index contributed by atoms with van der Waals surface area (Å²) in [4.78, 5) is 4.91. The Morgan fingerprint density at radius 3 is 2.58 bits per heavy atom. The SMILES string of the molecule is NC1(c2nc3ccccc3n2C2CC2)CCCCC1. The maximum Gasteiger partial charge on any atom is 0.130 e. The van der Waals surface area contributed by atoms with Crippen LogP contribution in [0.5, 0.6) is 0 Å². The molecule has 1 aromatic carbocycles. The summed E-state index contributed by atoms with van der Waals surface area (Å²) >= 11 is 0. The molecule has 3 heteroatoms. The minimum atomic E-state index is -0.195. The van der Waals surface area contributed by atoms with Crippen LogP contribution < -0.4 is 5.73 Å². The normalized spacial score (nSPS) is 22.8. The summed E-state index contributed by atoms with van der Waals surface area (Å²) in [6, 6.07) is 9.13. The van der Waals surface area contributed by atoms with Gasteiger partial charge in [0.2, 0.25) is 0 Å². The first-order valence-electron chi connectivity index (χ1n) is 7.54. The molecule has 19 heavy (non-hydrogen) atoms. The molecule has 0 saturated heterocycles. The molecule has 2 aliphatic carbocycles. The zero-order valence-corrected chi connectivity index (χ0v) is 11.3. The average Bonchev–Trinajstić information content (AvgIpc) is 3.19. The molecule has 1 aromatic heterocycles. The van der Waals surface area contributed by atoms with Crippen LogP contribution in [0.4, 0.5) is 0 Å². The molecule has 0 spiro atoms. The average molecular weight is 255 g/mol. The van der Waals surface area contributed by atoms with Gasteiger partial charge in [0.15, 0.2) is 0 Å². The zero-order chi connectivity index (χ0) is 12.9. The van der Waals surface area contributed by atoms with Crippen LogP contribution in [-0.2, 0) is 5.54 Å². The van der Waals surface area contributed by atoms with E-state index in [1.165, 1.54) is 37.6 Å². The second-order valence-electron chi connectivity index (χ2n) is 6.24. The molecular weight excluding hydrogens is 234 g/mol. The van der Waals surface area contributed by atoms with Crippen molar-refractivity contribution in [1.82, 2.24) is 9.55 Å². The lowest BCUT2D eigenvalue weighted by atomic mass is 9.82. The molecule has 2 aliphatic rings. The van der Waals surface area contributed by atoms with Crippen LogP contribution in [0.2, 0.25) is 0 Å². The molecule has 4 rings (SSSR count). The highest BCUT2D eigenvalue weighted by Gasteiger charge is 2.38. The van der Waals surface area contributed by atoms with Crippen LogP contribution >= 0.6 is 0 Å². The minimum absolute atomic E-state index is 0.195. The largest absolute Gasteiger partial charge is 0.323 e. The second-order valence-corrected chi connectivity index (χ2v) is 6.24. The number of aromatic nitrogens is 2. The van der Waals surface area contributed by atoms with Gasteiger partial charge in [-0.25, -0.2) is 4.98 Å². The highest BCUT2D eigenvalue weighted by molar-refractivity contribution is 5.76. The van der Waals surface area contributed by atoms with Crippen LogP contribution in [0.15, 0.2) is 24.3 Å². The molecule has 0 atom stereocenters. The first-order chi connectivity index (χ1) is 9.28. The van der Waals surface area contributed by atoms with Crippen molar-refractivity contribution >= 4 is 11.0 Å². The van der Waals surface area contributed by atoms with Gasteiger partial charge in [0.25, 0.3) is 0 Å². The molecule has 0 bridgehead atoms. The van der Waals surface area contributed by atoms with Gasteiger partial charge >= 0.3 is 0 Å². The first kappa shape index (κ1) is 11.5. The molecule has 2 N–H and O–H groups in total. The third kappa shape index (κ3) is 1.79. The summed E-state index contributed by atoms with van der Waals surface area (Å²) < 4.78 is 2.45. The summed E-state index contributed by atoms with van der Waals surface area (Å²) in [5.74, 6) is 1.15. The van der Waals surface area contributed by atoms with E-state index >= 15 is 0 Å². The second kappa shape index (κ2) is 4.07. The quantitative estimate of drug-likeness (QED) is 0.892. The van der Waals surface area contributed by atoms with E-state index in [4.69, 9.17) is 10.7 Å². The number of benzene rings is 1. The lowest BCUT2D eigenvalue weighted by molar-refractivity contribution is 0.279. The van der Waals surface area contributed by atoms with Gasteiger partial charge in [0.1, 0.15) is 5.82 Å². The molecule has 2 saturated carbocycles. The Balaban J connectivity index is 1.90. The van der Waals surface area contributed by atoms with Gasteiger partial charge in [-0.1, -0.05) is 31.4 Å². The van der Waals surface area contributed by atoms with E-state index in [2.05, 4.69) is 28.8 Å². The van der Waals surface area contributed by atoms with Gasteiger partial charge in [-0.2, -0.15) is 0 Å². The topological polar surface area (TPSA) is 43.8 Å². The van der Waals surface area contributed by atoms with Crippen LogP contribution in [0.25, 0.3) is 11.0 Å². The number of para-hydroxylation sites is 2. The Hall–Kier alpha value is -1.35. The van der Waals surface area contributed by atoms with E-state index in [-0.39, 0.29) is 5.54 Å². The van der Waals surface area contributed by atoms with Crippen molar-refractivity contribution in [3.05, 3.63) is 30.1 Å². The van der Waals surface area contributed by atoms with E-state index < -0.39 is 0 Å². The molecule has 100 valence electrons. The fourth-order valence-corrected chi connectivity index (χ4v) is 3.50. The number of hydrogen-bond donors (Lipinski definition) is 1. The highest BCUT2D eigenvalue weighted by atomic mass is 15.2. The van der Waals surface area contributed by atoms with Crippen molar-refractivity contribution in [3.8, 4) is 0 Å². The van der Waals surface area contributed by atoms with E-state index in [0.29, 0.717) is 6.04 Å². The van der Waals surface area contributed by atoms with Crippen LogP contribution in [0.1, 0.15) is 56.8 Å².